The number of carbonyl (C=O) groups excluding carboxylic acids is 1. The van der Waals surface area contributed by atoms with E-state index in [4.69, 9.17) is 4.74 Å². The van der Waals surface area contributed by atoms with Gasteiger partial charge in [-0.1, -0.05) is 0 Å². The molecule has 0 aliphatic carbocycles. The number of amides is 1. The first-order valence-corrected chi connectivity index (χ1v) is 7.44. The van der Waals surface area contributed by atoms with Crippen molar-refractivity contribution in [1.29, 1.82) is 0 Å². The number of nitrogens with zero attached hydrogens (tertiary/aromatic N) is 1. The number of rotatable bonds is 5. The molecule has 1 unspecified atom stereocenters. The maximum absolute atomic E-state index is 12.7. The van der Waals surface area contributed by atoms with Crippen molar-refractivity contribution in [2.75, 3.05) is 20.2 Å². The molecule has 0 spiro atoms. The lowest BCUT2D eigenvalue weighted by Gasteiger charge is -2.29. The second kappa shape index (κ2) is 6.80. The highest BCUT2D eigenvalue weighted by molar-refractivity contribution is 5.95. The van der Waals surface area contributed by atoms with Gasteiger partial charge in [0, 0.05) is 24.2 Å². The average molecular weight is 292 g/mol. The summed E-state index contributed by atoms with van der Waals surface area (Å²) in [6.45, 7) is 5.74. The summed E-state index contributed by atoms with van der Waals surface area (Å²) >= 11 is 0. The fourth-order valence-corrected chi connectivity index (χ4v) is 2.67. The summed E-state index contributed by atoms with van der Waals surface area (Å²) in [5, 5.41) is 13.3. The maximum atomic E-state index is 12.7. The van der Waals surface area contributed by atoms with Crippen LogP contribution in [-0.2, 0) is 0 Å². The van der Waals surface area contributed by atoms with Gasteiger partial charge in [-0.05, 0) is 51.4 Å². The van der Waals surface area contributed by atoms with E-state index in [0.29, 0.717) is 23.9 Å². The van der Waals surface area contributed by atoms with Gasteiger partial charge in [-0.15, -0.1) is 0 Å². The number of hydrogen-bond donors (Lipinski definition) is 2. The van der Waals surface area contributed by atoms with E-state index < -0.39 is 0 Å². The van der Waals surface area contributed by atoms with Gasteiger partial charge < -0.3 is 20.1 Å². The van der Waals surface area contributed by atoms with Gasteiger partial charge in [0.1, 0.15) is 0 Å². The number of aromatic hydroxyl groups is 1. The molecule has 1 aromatic carbocycles. The minimum absolute atomic E-state index is 0.00829. The highest BCUT2D eigenvalue weighted by Crippen LogP contribution is 2.27. The second-order valence-electron chi connectivity index (χ2n) is 5.73. The van der Waals surface area contributed by atoms with E-state index in [9.17, 15) is 9.90 Å². The van der Waals surface area contributed by atoms with Crippen LogP contribution in [0.3, 0.4) is 0 Å². The molecule has 1 saturated heterocycles. The second-order valence-corrected chi connectivity index (χ2v) is 5.73. The first kappa shape index (κ1) is 15.6. The van der Waals surface area contributed by atoms with Gasteiger partial charge >= 0.3 is 0 Å². The van der Waals surface area contributed by atoms with Gasteiger partial charge in [-0.25, -0.2) is 0 Å². The third kappa shape index (κ3) is 3.67. The van der Waals surface area contributed by atoms with Crippen molar-refractivity contribution in [3.63, 3.8) is 0 Å². The predicted octanol–water partition coefficient (Wildman–Crippen LogP) is 2.00. The zero-order valence-electron chi connectivity index (χ0n) is 12.9. The number of benzene rings is 1. The van der Waals surface area contributed by atoms with Gasteiger partial charge in [0.25, 0.3) is 5.91 Å². The lowest BCUT2D eigenvalue weighted by atomic mass is 10.1. The fourth-order valence-electron chi connectivity index (χ4n) is 2.67. The van der Waals surface area contributed by atoms with Crippen LogP contribution >= 0.6 is 0 Å². The Labute approximate surface area is 125 Å². The number of nitrogens with one attached hydrogen (secondary N) is 1. The van der Waals surface area contributed by atoms with Gasteiger partial charge in [0.2, 0.25) is 0 Å². The molecule has 0 saturated carbocycles. The van der Waals surface area contributed by atoms with Crippen LogP contribution in [0.4, 0.5) is 0 Å². The SMILES string of the molecule is COc1ccc(C(=O)N(CC2CCCN2)C(C)C)cc1O. The first-order valence-electron chi connectivity index (χ1n) is 7.44. The summed E-state index contributed by atoms with van der Waals surface area (Å²) in [6.07, 6.45) is 2.26. The number of ether oxygens (including phenoxy) is 1. The van der Waals surface area contributed by atoms with Crippen LogP contribution in [-0.4, -0.2) is 48.2 Å². The molecule has 116 valence electrons. The third-order valence-corrected chi connectivity index (χ3v) is 3.89. The molecular weight excluding hydrogens is 268 g/mol. The van der Waals surface area contributed by atoms with E-state index >= 15 is 0 Å². The highest BCUT2D eigenvalue weighted by Gasteiger charge is 2.24. The Morgan fingerprint density at radius 2 is 2.29 bits per heavy atom. The van der Waals surface area contributed by atoms with Crippen LogP contribution in [0.1, 0.15) is 37.0 Å². The Balaban J connectivity index is 2.15. The number of methoxy groups -OCH3 is 1. The maximum Gasteiger partial charge on any atom is 0.254 e. The Bertz CT molecular complexity index is 496. The van der Waals surface area contributed by atoms with Crippen LogP contribution in [0.25, 0.3) is 0 Å². The summed E-state index contributed by atoms with van der Waals surface area (Å²) in [5.41, 5.74) is 0.486. The normalized spacial score (nSPS) is 18.0. The van der Waals surface area contributed by atoms with Crippen LogP contribution in [0.5, 0.6) is 11.5 Å². The van der Waals surface area contributed by atoms with Gasteiger partial charge in [-0.3, -0.25) is 4.79 Å². The summed E-state index contributed by atoms with van der Waals surface area (Å²) in [6, 6.07) is 5.26. The monoisotopic (exact) mass is 292 g/mol. The minimum Gasteiger partial charge on any atom is -0.504 e. The smallest absolute Gasteiger partial charge is 0.254 e. The molecule has 1 atom stereocenters. The quantitative estimate of drug-likeness (QED) is 0.871. The zero-order valence-corrected chi connectivity index (χ0v) is 12.9. The van der Waals surface area contributed by atoms with E-state index in [2.05, 4.69) is 5.32 Å². The predicted molar refractivity (Wildman–Crippen MR) is 81.9 cm³/mol. The van der Waals surface area contributed by atoms with Crippen molar-refractivity contribution in [2.45, 2.75) is 38.8 Å². The molecule has 1 aliphatic heterocycles. The Kier molecular flexibility index (Phi) is 5.07. The first-order chi connectivity index (χ1) is 10.0. The molecule has 0 aromatic heterocycles. The standard InChI is InChI=1S/C16H24N2O3/c1-11(2)18(10-13-5-4-8-17-13)16(20)12-6-7-15(21-3)14(19)9-12/h6-7,9,11,13,17,19H,4-5,8,10H2,1-3H3. The Hall–Kier alpha value is -1.75. The van der Waals surface area contributed by atoms with Crippen molar-refractivity contribution in [3.05, 3.63) is 23.8 Å². The highest BCUT2D eigenvalue weighted by atomic mass is 16.5. The molecule has 1 amide bonds. The van der Waals surface area contributed by atoms with Crippen LogP contribution in [0, 0.1) is 0 Å². The lowest BCUT2D eigenvalue weighted by Crippen LogP contribution is -2.44. The lowest BCUT2D eigenvalue weighted by molar-refractivity contribution is 0.0688. The molecule has 2 rings (SSSR count). The van der Waals surface area contributed by atoms with E-state index in [-0.39, 0.29) is 17.7 Å². The van der Waals surface area contributed by atoms with Crippen molar-refractivity contribution >= 4 is 5.91 Å². The number of phenolic OH excluding ortho intramolecular Hbond substituents is 1. The van der Waals surface area contributed by atoms with E-state index in [0.717, 1.165) is 19.4 Å². The van der Waals surface area contributed by atoms with Gasteiger partial charge in [0.15, 0.2) is 11.5 Å². The van der Waals surface area contributed by atoms with E-state index in [1.165, 1.54) is 13.2 Å². The molecule has 1 aromatic rings. The van der Waals surface area contributed by atoms with Crippen molar-refractivity contribution < 1.29 is 14.6 Å². The molecule has 0 radical (unpaired) electrons. The topological polar surface area (TPSA) is 61.8 Å². The summed E-state index contributed by atoms with van der Waals surface area (Å²) in [5.74, 6) is 0.308. The van der Waals surface area contributed by atoms with Crippen molar-refractivity contribution in [3.8, 4) is 11.5 Å². The fraction of sp³-hybridized carbons (Fsp3) is 0.562. The molecule has 5 heteroatoms. The van der Waals surface area contributed by atoms with E-state index in [1.807, 2.05) is 18.7 Å². The minimum atomic E-state index is -0.0587. The van der Waals surface area contributed by atoms with Crippen LogP contribution < -0.4 is 10.1 Å². The van der Waals surface area contributed by atoms with Gasteiger partial charge in [0.05, 0.1) is 7.11 Å². The number of carbonyl (C=O) groups is 1. The molecular formula is C16H24N2O3. The summed E-state index contributed by atoms with van der Waals surface area (Å²) in [4.78, 5) is 14.5. The van der Waals surface area contributed by atoms with Gasteiger partial charge in [-0.2, -0.15) is 0 Å². The van der Waals surface area contributed by atoms with Crippen LogP contribution in [0.2, 0.25) is 0 Å². The molecule has 1 heterocycles. The van der Waals surface area contributed by atoms with Crippen LogP contribution in [0.15, 0.2) is 18.2 Å². The Morgan fingerprint density at radius 3 is 2.81 bits per heavy atom. The average Bonchev–Trinajstić information content (AvgIpc) is 2.96. The molecule has 0 bridgehead atoms. The Morgan fingerprint density at radius 1 is 1.52 bits per heavy atom. The molecule has 5 nitrogen and oxygen atoms in total. The summed E-state index contributed by atoms with van der Waals surface area (Å²) in [7, 11) is 1.49. The van der Waals surface area contributed by atoms with Crippen molar-refractivity contribution in [1.82, 2.24) is 10.2 Å². The number of hydrogen-bond acceptors (Lipinski definition) is 4. The molecule has 1 fully saturated rings. The van der Waals surface area contributed by atoms with E-state index in [1.54, 1.807) is 12.1 Å². The zero-order chi connectivity index (χ0) is 15.4. The largest absolute Gasteiger partial charge is 0.504 e. The molecule has 21 heavy (non-hydrogen) atoms. The summed E-state index contributed by atoms with van der Waals surface area (Å²) < 4.78 is 5.01. The third-order valence-electron chi connectivity index (χ3n) is 3.89. The molecule has 2 N–H and O–H groups in total. The van der Waals surface area contributed by atoms with Crippen molar-refractivity contribution in [2.24, 2.45) is 0 Å². The molecule has 1 aliphatic rings. The number of phenols is 1.